The lowest BCUT2D eigenvalue weighted by Crippen LogP contribution is -2.17. The van der Waals surface area contributed by atoms with Crippen molar-refractivity contribution in [1.29, 1.82) is 0 Å². The SMILES string of the molecule is Cc1cccc(OCc2nc(C(=O)O)cc(=O)[nH]2)c1. The molecule has 0 aliphatic heterocycles. The normalized spacial score (nSPS) is 10.2. The molecule has 1 aromatic heterocycles. The molecule has 98 valence electrons. The summed E-state index contributed by atoms with van der Waals surface area (Å²) in [5.41, 5.74) is 0.222. The molecule has 19 heavy (non-hydrogen) atoms. The Morgan fingerprint density at radius 2 is 2.21 bits per heavy atom. The number of aromatic amines is 1. The second-order valence-electron chi connectivity index (χ2n) is 3.99. The quantitative estimate of drug-likeness (QED) is 0.865. The molecule has 0 amide bonds. The van der Waals surface area contributed by atoms with Crippen molar-refractivity contribution in [3.05, 3.63) is 57.8 Å². The number of carboxylic acid groups (broad SMARTS) is 1. The molecule has 0 aliphatic carbocycles. The van der Waals surface area contributed by atoms with Crippen LogP contribution in [0.4, 0.5) is 0 Å². The van der Waals surface area contributed by atoms with E-state index in [4.69, 9.17) is 9.84 Å². The zero-order chi connectivity index (χ0) is 13.8. The Morgan fingerprint density at radius 3 is 2.89 bits per heavy atom. The van der Waals surface area contributed by atoms with E-state index in [2.05, 4.69) is 9.97 Å². The third-order valence-electron chi connectivity index (χ3n) is 2.37. The summed E-state index contributed by atoms with van der Waals surface area (Å²) in [5, 5.41) is 8.80. The summed E-state index contributed by atoms with van der Waals surface area (Å²) in [6.45, 7) is 1.93. The first kappa shape index (κ1) is 12.8. The molecule has 2 rings (SSSR count). The van der Waals surface area contributed by atoms with Gasteiger partial charge < -0.3 is 14.8 Å². The van der Waals surface area contributed by atoms with Crippen molar-refractivity contribution in [2.45, 2.75) is 13.5 Å². The Morgan fingerprint density at radius 1 is 1.42 bits per heavy atom. The summed E-state index contributed by atoms with van der Waals surface area (Å²) in [6, 6.07) is 8.30. The molecule has 0 spiro atoms. The first-order chi connectivity index (χ1) is 9.04. The standard InChI is InChI=1S/C13H12N2O4/c1-8-3-2-4-9(5-8)19-7-11-14-10(13(17)18)6-12(16)15-11/h2-6H,7H2,1H3,(H,17,18)(H,14,15,16). The van der Waals surface area contributed by atoms with Gasteiger partial charge in [-0.15, -0.1) is 0 Å². The van der Waals surface area contributed by atoms with E-state index in [9.17, 15) is 9.59 Å². The predicted octanol–water partition coefficient (Wildman–Crippen LogP) is 1.36. The molecule has 0 unspecified atom stereocenters. The smallest absolute Gasteiger partial charge is 0.354 e. The van der Waals surface area contributed by atoms with Crippen LogP contribution in [0.3, 0.4) is 0 Å². The molecule has 0 aliphatic rings. The Balaban J connectivity index is 2.15. The van der Waals surface area contributed by atoms with E-state index >= 15 is 0 Å². The zero-order valence-corrected chi connectivity index (χ0v) is 10.2. The number of aromatic nitrogens is 2. The first-order valence-corrected chi connectivity index (χ1v) is 5.57. The number of hydrogen-bond acceptors (Lipinski definition) is 4. The van der Waals surface area contributed by atoms with Gasteiger partial charge in [0.2, 0.25) is 0 Å². The van der Waals surface area contributed by atoms with Gasteiger partial charge in [-0.05, 0) is 24.6 Å². The van der Waals surface area contributed by atoms with Crippen LogP contribution in [0, 0.1) is 6.92 Å². The molecule has 0 bridgehead atoms. The number of rotatable bonds is 4. The van der Waals surface area contributed by atoms with Gasteiger partial charge >= 0.3 is 5.97 Å². The Hall–Kier alpha value is -2.63. The molecule has 0 radical (unpaired) electrons. The summed E-state index contributed by atoms with van der Waals surface area (Å²) in [7, 11) is 0. The number of nitrogens with one attached hydrogen (secondary N) is 1. The number of aromatic carboxylic acids is 1. The number of benzene rings is 1. The molecule has 0 fully saturated rings. The molecule has 6 nitrogen and oxygen atoms in total. The van der Waals surface area contributed by atoms with Crippen LogP contribution in [0.2, 0.25) is 0 Å². The summed E-state index contributed by atoms with van der Waals surface area (Å²) < 4.78 is 5.44. The lowest BCUT2D eigenvalue weighted by Gasteiger charge is -2.06. The summed E-state index contributed by atoms with van der Waals surface area (Å²) in [4.78, 5) is 28.3. The number of carboxylic acids is 1. The molecule has 0 atom stereocenters. The van der Waals surface area contributed by atoms with Crippen LogP contribution in [-0.2, 0) is 6.61 Å². The van der Waals surface area contributed by atoms with Gasteiger partial charge in [-0.3, -0.25) is 4.79 Å². The van der Waals surface area contributed by atoms with Gasteiger partial charge in [-0.2, -0.15) is 0 Å². The van der Waals surface area contributed by atoms with E-state index in [-0.39, 0.29) is 18.1 Å². The Kier molecular flexibility index (Phi) is 3.61. The van der Waals surface area contributed by atoms with Crippen molar-refractivity contribution >= 4 is 5.97 Å². The van der Waals surface area contributed by atoms with Gasteiger partial charge in [-0.1, -0.05) is 12.1 Å². The molecule has 0 saturated heterocycles. The fraction of sp³-hybridized carbons (Fsp3) is 0.154. The summed E-state index contributed by atoms with van der Waals surface area (Å²) >= 11 is 0. The highest BCUT2D eigenvalue weighted by Gasteiger charge is 2.08. The monoisotopic (exact) mass is 260 g/mol. The van der Waals surface area contributed by atoms with Gasteiger partial charge in [0.25, 0.3) is 5.56 Å². The average Bonchev–Trinajstić information content (AvgIpc) is 2.36. The summed E-state index contributed by atoms with van der Waals surface area (Å²) in [6.07, 6.45) is 0. The molecule has 2 N–H and O–H groups in total. The van der Waals surface area contributed by atoms with Gasteiger partial charge in [0.05, 0.1) is 0 Å². The van der Waals surface area contributed by atoms with E-state index in [1.807, 2.05) is 25.1 Å². The maximum atomic E-state index is 11.3. The first-order valence-electron chi connectivity index (χ1n) is 5.57. The van der Waals surface area contributed by atoms with Crippen LogP contribution in [0.1, 0.15) is 21.9 Å². The maximum Gasteiger partial charge on any atom is 0.354 e. The largest absolute Gasteiger partial charge is 0.486 e. The molecule has 6 heteroatoms. The van der Waals surface area contributed by atoms with Crippen LogP contribution in [0.25, 0.3) is 0 Å². The van der Waals surface area contributed by atoms with E-state index < -0.39 is 11.5 Å². The van der Waals surface area contributed by atoms with Crippen LogP contribution >= 0.6 is 0 Å². The van der Waals surface area contributed by atoms with Crippen LogP contribution < -0.4 is 10.3 Å². The van der Waals surface area contributed by atoms with Crippen molar-refractivity contribution in [1.82, 2.24) is 9.97 Å². The molecule has 0 saturated carbocycles. The minimum atomic E-state index is -1.25. The number of aryl methyl sites for hydroxylation is 1. The number of carbonyl (C=O) groups is 1. The molecule has 1 aromatic carbocycles. The van der Waals surface area contributed by atoms with Crippen LogP contribution in [-0.4, -0.2) is 21.0 Å². The van der Waals surface area contributed by atoms with Crippen molar-refractivity contribution in [2.75, 3.05) is 0 Å². The third-order valence-corrected chi connectivity index (χ3v) is 2.37. The molecule has 1 heterocycles. The van der Waals surface area contributed by atoms with Crippen molar-refractivity contribution in [3.8, 4) is 5.75 Å². The third kappa shape index (κ3) is 3.41. The minimum absolute atomic E-state index is 0.000185. The van der Waals surface area contributed by atoms with Gasteiger partial charge in [0.1, 0.15) is 18.2 Å². The topological polar surface area (TPSA) is 92.3 Å². The Bertz CT molecular complexity index is 664. The highest BCUT2D eigenvalue weighted by atomic mass is 16.5. The van der Waals surface area contributed by atoms with E-state index in [1.54, 1.807) is 6.07 Å². The average molecular weight is 260 g/mol. The number of nitrogens with zero attached hydrogens (tertiary/aromatic N) is 1. The second-order valence-corrected chi connectivity index (χ2v) is 3.99. The lowest BCUT2D eigenvalue weighted by molar-refractivity contribution is 0.0689. The van der Waals surface area contributed by atoms with E-state index in [0.29, 0.717) is 5.75 Å². The lowest BCUT2D eigenvalue weighted by atomic mass is 10.2. The van der Waals surface area contributed by atoms with E-state index in [0.717, 1.165) is 11.6 Å². The summed E-state index contributed by atoms with van der Waals surface area (Å²) in [5.74, 6) is -0.447. The van der Waals surface area contributed by atoms with Crippen LogP contribution in [0.5, 0.6) is 5.75 Å². The Labute approximate surface area is 108 Å². The van der Waals surface area contributed by atoms with Crippen LogP contribution in [0.15, 0.2) is 35.1 Å². The zero-order valence-electron chi connectivity index (χ0n) is 10.2. The van der Waals surface area contributed by atoms with Crippen molar-refractivity contribution in [3.63, 3.8) is 0 Å². The minimum Gasteiger partial charge on any atom is -0.486 e. The van der Waals surface area contributed by atoms with Crippen molar-refractivity contribution in [2.24, 2.45) is 0 Å². The molecule has 2 aromatic rings. The highest BCUT2D eigenvalue weighted by molar-refractivity contribution is 5.85. The number of H-pyrrole nitrogens is 1. The predicted molar refractivity (Wildman–Crippen MR) is 67.3 cm³/mol. The number of ether oxygens (including phenoxy) is 1. The number of hydrogen-bond donors (Lipinski definition) is 2. The van der Waals surface area contributed by atoms with E-state index in [1.165, 1.54) is 0 Å². The van der Waals surface area contributed by atoms with Gasteiger partial charge in [0.15, 0.2) is 5.69 Å². The van der Waals surface area contributed by atoms with Gasteiger partial charge in [0, 0.05) is 6.07 Å². The second kappa shape index (κ2) is 5.34. The van der Waals surface area contributed by atoms with Crippen molar-refractivity contribution < 1.29 is 14.6 Å². The molecular formula is C13H12N2O4. The fourth-order valence-corrected chi connectivity index (χ4v) is 1.54. The van der Waals surface area contributed by atoms with Gasteiger partial charge in [-0.25, -0.2) is 9.78 Å². The maximum absolute atomic E-state index is 11.3. The fourth-order valence-electron chi connectivity index (χ4n) is 1.54. The highest BCUT2D eigenvalue weighted by Crippen LogP contribution is 2.13. The molecular weight excluding hydrogens is 248 g/mol.